The lowest BCUT2D eigenvalue weighted by Gasteiger charge is -2.38. The quantitative estimate of drug-likeness (QED) is 0.0963. The predicted molar refractivity (Wildman–Crippen MR) is 230 cm³/mol. The number of methoxy groups -OCH3 is 1. The number of aliphatic hydroxyl groups excluding tert-OH is 2. The van der Waals surface area contributed by atoms with Crippen molar-refractivity contribution in [1.29, 1.82) is 0 Å². The number of hydrogen-bond acceptors (Lipinski definition) is 15. The van der Waals surface area contributed by atoms with Gasteiger partial charge in [-0.2, -0.15) is 5.10 Å². The van der Waals surface area contributed by atoms with E-state index in [1.54, 1.807) is 44.9 Å². The van der Waals surface area contributed by atoms with Crippen molar-refractivity contribution < 1.29 is 58.9 Å². The van der Waals surface area contributed by atoms with E-state index in [0.29, 0.717) is 13.1 Å². The minimum absolute atomic E-state index is 0.0583. The van der Waals surface area contributed by atoms with Gasteiger partial charge in [-0.15, -0.1) is 0 Å². The number of hydrogen-bond donors (Lipinski definition) is 6. The fraction of sp³-hybridized carbons (Fsp3) is 0.556. The van der Waals surface area contributed by atoms with E-state index in [1.165, 1.54) is 59.4 Å². The number of phenolic OH excluding ortho intramolecular Hbond substituents is 3. The summed E-state index contributed by atoms with van der Waals surface area (Å²) in [6.45, 7) is 18.3. The van der Waals surface area contributed by atoms with E-state index in [-0.39, 0.29) is 44.5 Å². The number of ether oxygens (including phenoxy) is 4. The van der Waals surface area contributed by atoms with Crippen LogP contribution in [0.15, 0.2) is 41.2 Å². The molecule has 4 aliphatic rings. The number of aromatic hydroxyl groups is 3. The predicted octanol–water partition coefficient (Wildman–Crippen LogP) is 5.12. The third-order valence-electron chi connectivity index (χ3n) is 12.3. The van der Waals surface area contributed by atoms with Gasteiger partial charge in [-0.1, -0.05) is 52.8 Å². The summed E-state index contributed by atoms with van der Waals surface area (Å²) >= 11 is 0. The average Bonchev–Trinajstić information content (AvgIpc) is 3.49. The molecule has 0 aliphatic carbocycles. The molecule has 61 heavy (non-hydrogen) atoms. The molecule has 16 heteroatoms. The second-order valence-electron chi connectivity index (χ2n) is 16.7. The Morgan fingerprint density at radius 3 is 2.26 bits per heavy atom. The van der Waals surface area contributed by atoms with Gasteiger partial charge in [0, 0.05) is 87.3 Å². The largest absolute Gasteiger partial charge is 0.507 e. The molecular formula is C45H62N4O12. The number of phenols is 3. The number of piperazine rings is 1. The molecule has 0 spiro atoms. The van der Waals surface area contributed by atoms with Crippen LogP contribution in [0, 0.1) is 30.6 Å². The monoisotopic (exact) mass is 850 g/mol. The minimum atomic E-state index is -2.04. The van der Waals surface area contributed by atoms with E-state index >= 15 is 0 Å². The summed E-state index contributed by atoms with van der Waals surface area (Å²) in [4.78, 5) is 42.9. The SMILES string of the molecule is CCCN1CCN(N=Cc2c3c(O)c4c(O)c(C)c5c(c4c2O)C(=O)C(C)(OC=CC(OC)C(C)C(OC(C)=O)C(C)C(O)C(C)C(O)C(C)C=CC=C(C)C(=O)N3)O5)CC1. The van der Waals surface area contributed by atoms with Gasteiger partial charge in [-0.05, 0) is 32.9 Å². The van der Waals surface area contributed by atoms with Crippen LogP contribution in [0.1, 0.15) is 83.3 Å². The van der Waals surface area contributed by atoms with Crippen LogP contribution in [0.4, 0.5) is 5.69 Å². The van der Waals surface area contributed by atoms with Gasteiger partial charge in [0.05, 0.1) is 53.0 Å². The van der Waals surface area contributed by atoms with Crippen molar-refractivity contribution >= 4 is 40.3 Å². The number of amides is 1. The Morgan fingerprint density at radius 1 is 0.967 bits per heavy atom. The third-order valence-corrected chi connectivity index (χ3v) is 12.3. The van der Waals surface area contributed by atoms with Crippen LogP contribution in [-0.4, -0.2) is 129 Å². The Bertz CT molecular complexity index is 2110. The Hall–Kier alpha value is -5.16. The van der Waals surface area contributed by atoms with Crippen LogP contribution in [0.25, 0.3) is 10.8 Å². The fourth-order valence-corrected chi connectivity index (χ4v) is 8.40. The standard InChI is InChI=1S/C45H62N4O12/c1-11-16-48-17-19-49(20-18-48)46-22-30-35-40(55)33-32(39(30)54)34-42(28(7)38(33)53)61-45(9,43(34)56)59-21-15-31(58-10)25(4)41(60-29(8)50)27(6)37(52)26(5)36(51)23(2)13-12-14-24(3)44(57)47-35/h12-15,21-23,25-27,31,36-37,41,51-55H,11,16-20H2,1-10H3,(H,47,57). The van der Waals surface area contributed by atoms with Gasteiger partial charge in [0.25, 0.3) is 11.7 Å². The minimum Gasteiger partial charge on any atom is -0.507 e. The zero-order valence-electron chi connectivity index (χ0n) is 36.8. The number of ketones is 1. The Kier molecular flexibility index (Phi) is 14.8. The maximum atomic E-state index is 14.5. The van der Waals surface area contributed by atoms with Crippen LogP contribution in [0.3, 0.4) is 0 Å². The highest BCUT2D eigenvalue weighted by Gasteiger charge is 2.50. The molecule has 1 fully saturated rings. The van der Waals surface area contributed by atoms with Gasteiger partial charge in [-0.3, -0.25) is 24.3 Å². The topological polar surface area (TPSA) is 220 Å². The first-order chi connectivity index (χ1) is 28.8. The first kappa shape index (κ1) is 46.9. The van der Waals surface area contributed by atoms with Gasteiger partial charge in [0.2, 0.25) is 0 Å². The van der Waals surface area contributed by atoms with Crippen LogP contribution < -0.4 is 10.1 Å². The lowest BCUT2D eigenvalue weighted by Crippen LogP contribution is -2.46. The molecule has 2 aromatic rings. The molecule has 9 atom stereocenters. The third kappa shape index (κ3) is 9.52. The van der Waals surface area contributed by atoms with Crippen molar-refractivity contribution in [3.8, 4) is 23.0 Å². The van der Waals surface area contributed by atoms with E-state index in [0.717, 1.165) is 26.1 Å². The average molecular weight is 851 g/mol. The molecule has 1 amide bonds. The Balaban J connectivity index is 1.69. The number of allylic oxidation sites excluding steroid dienone is 2. The highest BCUT2D eigenvalue weighted by Crippen LogP contribution is 2.55. The van der Waals surface area contributed by atoms with E-state index in [2.05, 4.69) is 22.2 Å². The zero-order chi connectivity index (χ0) is 45.1. The van der Waals surface area contributed by atoms with Crippen molar-refractivity contribution in [3.05, 3.63) is 52.8 Å². The van der Waals surface area contributed by atoms with E-state index in [1.807, 2.05) is 0 Å². The zero-order valence-corrected chi connectivity index (χ0v) is 36.8. The highest BCUT2D eigenvalue weighted by atomic mass is 16.7. The molecule has 4 aliphatic heterocycles. The van der Waals surface area contributed by atoms with Gasteiger partial charge in [0.1, 0.15) is 23.4 Å². The molecule has 5 bridgehead atoms. The molecule has 6 N–H and O–H groups in total. The maximum absolute atomic E-state index is 14.5. The number of carbonyl (C=O) groups is 3. The van der Waals surface area contributed by atoms with Gasteiger partial charge >= 0.3 is 11.8 Å². The Labute approximate surface area is 357 Å². The lowest BCUT2D eigenvalue weighted by molar-refractivity contribution is -0.160. The van der Waals surface area contributed by atoms with Crippen molar-refractivity contribution in [2.75, 3.05) is 45.2 Å². The smallest absolute Gasteiger partial charge is 0.312 e. The number of aliphatic hydroxyl groups is 2. The van der Waals surface area contributed by atoms with Crippen molar-refractivity contribution in [2.45, 2.75) is 98.9 Å². The van der Waals surface area contributed by atoms with E-state index in [4.69, 9.17) is 18.9 Å². The molecule has 2 aromatic carbocycles. The Morgan fingerprint density at radius 2 is 1.64 bits per heavy atom. The summed E-state index contributed by atoms with van der Waals surface area (Å²) in [6.07, 6.45) is 5.91. The van der Waals surface area contributed by atoms with Crippen LogP contribution in [0.5, 0.6) is 23.0 Å². The summed E-state index contributed by atoms with van der Waals surface area (Å²) < 4.78 is 23.7. The van der Waals surface area contributed by atoms with Crippen molar-refractivity contribution in [1.82, 2.24) is 9.91 Å². The van der Waals surface area contributed by atoms with Crippen molar-refractivity contribution in [2.24, 2.45) is 28.8 Å². The molecule has 0 saturated carbocycles. The number of esters is 1. The number of rotatable bonds is 6. The summed E-state index contributed by atoms with van der Waals surface area (Å²) in [7, 11) is 1.44. The number of benzene rings is 2. The molecule has 16 nitrogen and oxygen atoms in total. The van der Waals surface area contributed by atoms with E-state index < -0.39 is 88.8 Å². The van der Waals surface area contributed by atoms with Crippen LogP contribution in [0.2, 0.25) is 0 Å². The maximum Gasteiger partial charge on any atom is 0.312 e. The van der Waals surface area contributed by atoms with Crippen molar-refractivity contribution in [3.63, 3.8) is 0 Å². The van der Waals surface area contributed by atoms with Gasteiger partial charge < -0.3 is 49.8 Å². The number of Topliss-reactive ketones (excluding diaryl/α,β-unsaturated/α-hetero) is 1. The normalized spacial score (nSPS) is 29.5. The van der Waals surface area contributed by atoms with E-state index in [9.17, 15) is 39.9 Å². The number of carbonyl (C=O) groups excluding carboxylic acids is 3. The number of fused-ring (bicyclic) bond motifs is 14. The van der Waals surface area contributed by atoms with Crippen LogP contribution in [-0.2, 0) is 23.8 Å². The molecule has 1 saturated heterocycles. The number of hydrazone groups is 1. The molecular weight excluding hydrogens is 789 g/mol. The summed E-state index contributed by atoms with van der Waals surface area (Å²) in [5.41, 5.74) is -0.330. The number of nitrogens with zero attached hydrogens (tertiary/aromatic N) is 3. The summed E-state index contributed by atoms with van der Waals surface area (Å²) in [6, 6.07) is 0. The summed E-state index contributed by atoms with van der Waals surface area (Å²) in [5, 5.41) is 67.2. The molecule has 334 valence electrons. The van der Waals surface area contributed by atoms with Gasteiger partial charge in [-0.25, -0.2) is 0 Å². The molecule has 9 unspecified atom stereocenters. The van der Waals surface area contributed by atoms with Crippen LogP contribution >= 0.6 is 0 Å². The molecule has 0 radical (unpaired) electrons. The molecule has 6 rings (SSSR count). The second-order valence-corrected chi connectivity index (χ2v) is 16.7. The number of anilines is 1. The second kappa shape index (κ2) is 19.3. The first-order valence-corrected chi connectivity index (χ1v) is 20.9. The van der Waals surface area contributed by atoms with Gasteiger partial charge in [0.15, 0.2) is 5.75 Å². The first-order valence-electron chi connectivity index (χ1n) is 20.9. The lowest BCUT2D eigenvalue weighted by atomic mass is 9.78. The molecule has 4 heterocycles. The fourth-order valence-electron chi connectivity index (χ4n) is 8.40. The number of nitrogens with one attached hydrogen (secondary N) is 1. The summed E-state index contributed by atoms with van der Waals surface area (Å²) in [5.74, 6) is -8.33. The molecule has 0 aromatic heterocycles. The highest BCUT2D eigenvalue weighted by molar-refractivity contribution is 6.23.